The van der Waals surface area contributed by atoms with Crippen molar-refractivity contribution in [1.29, 1.82) is 0 Å². The van der Waals surface area contributed by atoms with Crippen LogP contribution < -0.4 is 4.74 Å². The number of hydrogen-bond acceptors (Lipinski definition) is 3. The van der Waals surface area contributed by atoms with Crippen LogP contribution in [0.25, 0.3) is 0 Å². The fourth-order valence-corrected chi connectivity index (χ4v) is 3.30. The maximum absolute atomic E-state index is 6.05. The second kappa shape index (κ2) is 8.03. The highest BCUT2D eigenvalue weighted by Crippen LogP contribution is 2.29. The fraction of sp³-hybridized carbons (Fsp3) is 0.455. The van der Waals surface area contributed by atoms with Crippen LogP contribution in [0.4, 0.5) is 0 Å². The van der Waals surface area contributed by atoms with E-state index in [4.69, 9.17) is 9.47 Å². The Labute approximate surface area is 151 Å². The molecule has 1 aliphatic rings. The lowest BCUT2D eigenvalue weighted by Crippen LogP contribution is -2.40. The van der Waals surface area contributed by atoms with Crippen molar-refractivity contribution in [2.75, 3.05) is 26.2 Å². The van der Waals surface area contributed by atoms with Gasteiger partial charge in [0.2, 0.25) is 0 Å². The van der Waals surface area contributed by atoms with Gasteiger partial charge in [-0.3, -0.25) is 4.90 Å². The summed E-state index contributed by atoms with van der Waals surface area (Å²) in [6, 6.07) is 14.5. The smallest absolute Gasteiger partial charge is 0.130 e. The molecule has 0 N–H and O–H groups in total. The summed E-state index contributed by atoms with van der Waals surface area (Å²) in [7, 11) is 0. The Morgan fingerprint density at radius 2 is 1.88 bits per heavy atom. The second-order valence-corrected chi connectivity index (χ2v) is 7.38. The van der Waals surface area contributed by atoms with E-state index in [1.165, 1.54) is 16.7 Å². The average Bonchev–Trinajstić information content (AvgIpc) is 2.59. The van der Waals surface area contributed by atoms with Gasteiger partial charge < -0.3 is 9.47 Å². The van der Waals surface area contributed by atoms with Crippen LogP contribution in [0.15, 0.2) is 42.5 Å². The molecule has 0 radical (unpaired) electrons. The molecule has 1 fully saturated rings. The Morgan fingerprint density at radius 3 is 2.60 bits per heavy atom. The van der Waals surface area contributed by atoms with Gasteiger partial charge in [-0.15, -0.1) is 0 Å². The van der Waals surface area contributed by atoms with Gasteiger partial charge in [0.15, 0.2) is 0 Å². The zero-order valence-corrected chi connectivity index (χ0v) is 15.8. The molecule has 1 heterocycles. The Hall–Kier alpha value is -1.84. The van der Waals surface area contributed by atoms with Gasteiger partial charge in [-0.25, -0.2) is 0 Å². The second-order valence-electron chi connectivity index (χ2n) is 7.38. The Bertz CT molecular complexity index is 694. The zero-order valence-electron chi connectivity index (χ0n) is 15.8. The summed E-state index contributed by atoms with van der Waals surface area (Å²) in [5.41, 5.74) is 3.66. The molecule has 0 aromatic heterocycles. The van der Waals surface area contributed by atoms with Crippen molar-refractivity contribution in [3.05, 3.63) is 59.2 Å². The van der Waals surface area contributed by atoms with E-state index >= 15 is 0 Å². The van der Waals surface area contributed by atoms with Gasteiger partial charge in [0.05, 0.1) is 12.7 Å². The Morgan fingerprint density at radius 1 is 1.12 bits per heavy atom. The first kappa shape index (κ1) is 18.0. The van der Waals surface area contributed by atoms with Crippen molar-refractivity contribution in [2.45, 2.75) is 33.8 Å². The molecule has 0 bridgehead atoms. The molecule has 0 spiro atoms. The molecule has 0 amide bonds. The summed E-state index contributed by atoms with van der Waals surface area (Å²) in [5, 5.41) is 0. The molecule has 134 valence electrons. The molecule has 1 unspecified atom stereocenters. The highest BCUT2D eigenvalue weighted by atomic mass is 16.5. The lowest BCUT2D eigenvalue weighted by molar-refractivity contribution is -0.0332. The molecule has 3 rings (SSSR count). The van der Waals surface area contributed by atoms with E-state index < -0.39 is 0 Å². The van der Waals surface area contributed by atoms with Crippen LogP contribution in [0, 0.1) is 19.8 Å². The largest absolute Gasteiger partial charge is 0.457 e. The van der Waals surface area contributed by atoms with Crippen LogP contribution in [0.5, 0.6) is 11.5 Å². The fourth-order valence-electron chi connectivity index (χ4n) is 3.30. The quantitative estimate of drug-likeness (QED) is 0.754. The molecule has 3 heteroatoms. The van der Waals surface area contributed by atoms with E-state index in [0.29, 0.717) is 5.92 Å². The molecule has 1 atom stereocenters. The minimum Gasteiger partial charge on any atom is -0.457 e. The number of aryl methyl sites for hydroxylation is 1. The topological polar surface area (TPSA) is 21.7 Å². The van der Waals surface area contributed by atoms with Gasteiger partial charge in [-0.2, -0.15) is 0 Å². The third-order valence-corrected chi connectivity index (χ3v) is 4.81. The predicted octanol–water partition coefficient (Wildman–Crippen LogP) is 5.13. The SMILES string of the molecule is Cc1cccc(Oc2ccc(C3CN(CC(C)C)CCO3)cc2)c1C. The van der Waals surface area contributed by atoms with Gasteiger partial charge in [0.1, 0.15) is 11.5 Å². The molecule has 0 saturated carbocycles. The maximum atomic E-state index is 6.05. The first-order valence-corrected chi connectivity index (χ1v) is 9.21. The average molecular weight is 339 g/mol. The van der Waals surface area contributed by atoms with E-state index in [1.807, 2.05) is 24.3 Å². The van der Waals surface area contributed by atoms with Crippen molar-refractivity contribution in [2.24, 2.45) is 5.92 Å². The van der Waals surface area contributed by atoms with E-state index in [2.05, 4.69) is 50.8 Å². The summed E-state index contributed by atoms with van der Waals surface area (Å²) in [4.78, 5) is 2.50. The third kappa shape index (κ3) is 4.62. The summed E-state index contributed by atoms with van der Waals surface area (Å²) in [6.07, 6.45) is 0.155. The molecular formula is C22H29NO2. The summed E-state index contributed by atoms with van der Waals surface area (Å²) >= 11 is 0. The number of rotatable bonds is 5. The molecule has 2 aromatic carbocycles. The molecule has 0 aliphatic carbocycles. The van der Waals surface area contributed by atoms with Crippen molar-refractivity contribution >= 4 is 0 Å². The third-order valence-electron chi connectivity index (χ3n) is 4.81. The Kier molecular flexibility index (Phi) is 5.77. The van der Waals surface area contributed by atoms with Crippen molar-refractivity contribution in [3.8, 4) is 11.5 Å². The molecule has 2 aromatic rings. The normalized spacial score (nSPS) is 18.5. The minimum atomic E-state index is 0.155. The van der Waals surface area contributed by atoms with Gasteiger partial charge in [-0.1, -0.05) is 38.1 Å². The van der Waals surface area contributed by atoms with Crippen LogP contribution in [0.2, 0.25) is 0 Å². The van der Waals surface area contributed by atoms with Gasteiger partial charge in [0.25, 0.3) is 0 Å². The zero-order chi connectivity index (χ0) is 17.8. The van der Waals surface area contributed by atoms with Crippen molar-refractivity contribution in [3.63, 3.8) is 0 Å². The predicted molar refractivity (Wildman–Crippen MR) is 102 cm³/mol. The van der Waals surface area contributed by atoms with Crippen LogP contribution >= 0.6 is 0 Å². The van der Waals surface area contributed by atoms with Crippen molar-refractivity contribution in [1.82, 2.24) is 4.90 Å². The highest BCUT2D eigenvalue weighted by Gasteiger charge is 2.22. The number of nitrogens with zero attached hydrogens (tertiary/aromatic N) is 1. The summed E-state index contributed by atoms with van der Waals surface area (Å²) < 4.78 is 12.0. The van der Waals surface area contributed by atoms with Crippen LogP contribution in [-0.4, -0.2) is 31.1 Å². The van der Waals surface area contributed by atoms with E-state index in [9.17, 15) is 0 Å². The number of hydrogen-bond donors (Lipinski definition) is 0. The molecular weight excluding hydrogens is 310 g/mol. The van der Waals surface area contributed by atoms with Crippen molar-refractivity contribution < 1.29 is 9.47 Å². The lowest BCUT2D eigenvalue weighted by Gasteiger charge is -2.34. The standard InChI is InChI=1S/C22H29NO2/c1-16(2)14-23-12-13-24-22(15-23)19-8-10-20(11-9-19)25-21-7-5-6-17(3)18(21)4/h5-11,16,22H,12-15H2,1-4H3. The van der Waals surface area contributed by atoms with Crippen LogP contribution in [0.1, 0.15) is 36.6 Å². The first-order valence-electron chi connectivity index (χ1n) is 9.21. The number of benzene rings is 2. The Balaban J connectivity index is 1.66. The van der Waals surface area contributed by atoms with E-state index in [0.717, 1.165) is 37.7 Å². The maximum Gasteiger partial charge on any atom is 0.130 e. The first-order chi connectivity index (χ1) is 12.0. The monoisotopic (exact) mass is 339 g/mol. The molecule has 1 aliphatic heterocycles. The van der Waals surface area contributed by atoms with Gasteiger partial charge in [-0.05, 0) is 54.7 Å². The molecule has 25 heavy (non-hydrogen) atoms. The van der Waals surface area contributed by atoms with E-state index in [-0.39, 0.29) is 6.10 Å². The summed E-state index contributed by atoms with van der Waals surface area (Å²) in [6.45, 7) is 12.7. The van der Waals surface area contributed by atoms with Gasteiger partial charge >= 0.3 is 0 Å². The number of ether oxygens (including phenoxy) is 2. The highest BCUT2D eigenvalue weighted by molar-refractivity contribution is 5.42. The lowest BCUT2D eigenvalue weighted by atomic mass is 10.1. The molecule has 3 nitrogen and oxygen atoms in total. The van der Waals surface area contributed by atoms with Gasteiger partial charge in [0, 0.05) is 19.6 Å². The van der Waals surface area contributed by atoms with Crippen LogP contribution in [0.3, 0.4) is 0 Å². The summed E-state index contributed by atoms with van der Waals surface area (Å²) in [5.74, 6) is 2.48. The molecule has 1 saturated heterocycles. The number of morpholine rings is 1. The van der Waals surface area contributed by atoms with E-state index in [1.54, 1.807) is 0 Å². The minimum absolute atomic E-state index is 0.155. The van der Waals surface area contributed by atoms with Crippen LogP contribution in [-0.2, 0) is 4.74 Å².